The first-order valence-electron chi connectivity index (χ1n) is 15.2. The Balaban J connectivity index is 1.44. The van der Waals surface area contributed by atoms with Crippen molar-refractivity contribution in [1.29, 1.82) is 0 Å². The Hall–Kier alpha value is -4.59. The van der Waals surface area contributed by atoms with Gasteiger partial charge in [-0.1, -0.05) is 6.07 Å². The van der Waals surface area contributed by atoms with Crippen LogP contribution in [0, 0.1) is 0 Å². The molecule has 46 heavy (non-hydrogen) atoms. The van der Waals surface area contributed by atoms with Crippen molar-refractivity contribution in [2.24, 2.45) is 0 Å². The van der Waals surface area contributed by atoms with Gasteiger partial charge in [-0.3, -0.25) is 14.6 Å². The minimum atomic E-state index is -1.14. The molecule has 6 rings (SSSR count). The third-order valence-corrected chi connectivity index (χ3v) is 8.73. The number of allylic oxidation sites excluding steroid dienone is 1. The predicted molar refractivity (Wildman–Crippen MR) is 168 cm³/mol. The van der Waals surface area contributed by atoms with Crippen LogP contribution in [0.15, 0.2) is 42.3 Å². The Labute approximate surface area is 266 Å². The predicted octanol–water partition coefficient (Wildman–Crippen LogP) is 4.32. The molecule has 0 aliphatic carbocycles. The van der Waals surface area contributed by atoms with Crippen molar-refractivity contribution in [1.82, 2.24) is 19.3 Å². The van der Waals surface area contributed by atoms with Crippen LogP contribution in [0.5, 0.6) is 11.5 Å². The SMILES string of the molecule is COc1ccc2c(c1)c(/C=C1\Oc3cc(C4COCCN4C(=O)O)cc(C4COCCN4C(=O)O)c3C1=O)cn2CCCN(C)C. The summed E-state index contributed by atoms with van der Waals surface area (Å²) in [6.45, 7) is 2.62. The molecule has 3 aromatic rings. The molecule has 3 aliphatic heterocycles. The average Bonchev–Trinajstić information content (AvgIpc) is 3.56. The smallest absolute Gasteiger partial charge is 0.407 e. The lowest BCUT2D eigenvalue weighted by Crippen LogP contribution is -2.44. The number of fused-ring (bicyclic) bond motifs is 2. The molecule has 0 radical (unpaired) electrons. The Morgan fingerprint density at radius 2 is 1.72 bits per heavy atom. The normalized spacial score (nSPS) is 20.8. The number of hydrogen-bond donors (Lipinski definition) is 2. The molecule has 0 spiro atoms. The molecule has 2 unspecified atom stereocenters. The zero-order chi connectivity index (χ0) is 32.5. The monoisotopic (exact) mass is 634 g/mol. The minimum absolute atomic E-state index is 0.0402. The van der Waals surface area contributed by atoms with Gasteiger partial charge in [0, 0.05) is 42.3 Å². The Morgan fingerprint density at radius 3 is 2.39 bits per heavy atom. The zero-order valence-electron chi connectivity index (χ0n) is 26.1. The number of benzene rings is 2. The van der Waals surface area contributed by atoms with E-state index >= 15 is 0 Å². The Kier molecular flexibility index (Phi) is 8.89. The number of hydrogen-bond acceptors (Lipinski definition) is 8. The molecule has 2 amide bonds. The van der Waals surface area contributed by atoms with Gasteiger partial charge in [0.2, 0.25) is 5.78 Å². The van der Waals surface area contributed by atoms with E-state index in [1.165, 1.54) is 9.80 Å². The van der Waals surface area contributed by atoms with Crippen LogP contribution in [-0.2, 0) is 16.0 Å². The van der Waals surface area contributed by atoms with Gasteiger partial charge in [0.1, 0.15) is 11.5 Å². The first-order chi connectivity index (χ1) is 22.2. The van der Waals surface area contributed by atoms with Crippen LogP contribution >= 0.6 is 0 Å². The van der Waals surface area contributed by atoms with Gasteiger partial charge in [-0.15, -0.1) is 0 Å². The van der Waals surface area contributed by atoms with Gasteiger partial charge in [-0.25, -0.2) is 9.59 Å². The molecule has 3 aliphatic rings. The molecule has 2 atom stereocenters. The van der Waals surface area contributed by atoms with Crippen LogP contribution in [0.2, 0.25) is 0 Å². The van der Waals surface area contributed by atoms with Crippen LogP contribution in [-0.4, -0.2) is 115 Å². The molecule has 13 heteroatoms. The standard InChI is InChI=1S/C33H38N4O9/c1-34(2)7-4-8-35-17-21(23-16-22(43-3)5-6-25(23)35)15-29-31(38)30-24(27-19-45-12-10-37(27)33(41)42)13-20(14-28(30)46-29)26-18-44-11-9-36(26)32(39)40/h5-6,13-17,26-27H,4,7-12,18-19H2,1-3H3,(H,39,40)(H,41,42)/b29-15-. The van der Waals surface area contributed by atoms with E-state index in [1.807, 2.05) is 38.5 Å². The summed E-state index contributed by atoms with van der Waals surface area (Å²) >= 11 is 0. The summed E-state index contributed by atoms with van der Waals surface area (Å²) in [5.74, 6) is 0.606. The molecule has 244 valence electrons. The van der Waals surface area contributed by atoms with Gasteiger partial charge >= 0.3 is 12.2 Å². The lowest BCUT2D eigenvalue weighted by atomic mass is 9.91. The second kappa shape index (κ2) is 13.0. The van der Waals surface area contributed by atoms with Crippen molar-refractivity contribution in [3.63, 3.8) is 0 Å². The molecule has 2 fully saturated rings. The summed E-state index contributed by atoms with van der Waals surface area (Å²) in [5, 5.41) is 20.8. The molecule has 13 nitrogen and oxygen atoms in total. The molecule has 0 bridgehead atoms. The van der Waals surface area contributed by atoms with Crippen molar-refractivity contribution in [3.8, 4) is 11.5 Å². The van der Waals surface area contributed by atoms with E-state index in [4.69, 9.17) is 18.9 Å². The number of ketones is 1. The molecular formula is C33H38N4O9. The van der Waals surface area contributed by atoms with E-state index in [2.05, 4.69) is 9.47 Å². The van der Waals surface area contributed by atoms with Gasteiger partial charge < -0.3 is 38.6 Å². The van der Waals surface area contributed by atoms with Gasteiger partial charge in [0.25, 0.3) is 0 Å². The number of aromatic nitrogens is 1. The fourth-order valence-corrected chi connectivity index (χ4v) is 6.45. The number of carbonyl (C=O) groups excluding carboxylic acids is 1. The van der Waals surface area contributed by atoms with Crippen LogP contribution in [0.3, 0.4) is 0 Å². The number of carbonyl (C=O) groups is 3. The summed E-state index contributed by atoms with van der Waals surface area (Å²) in [7, 11) is 5.67. The van der Waals surface area contributed by atoms with Gasteiger partial charge in [-0.2, -0.15) is 0 Å². The van der Waals surface area contributed by atoms with E-state index in [1.54, 1.807) is 25.3 Å². The highest BCUT2D eigenvalue weighted by Gasteiger charge is 2.39. The number of methoxy groups -OCH3 is 1. The zero-order valence-corrected chi connectivity index (χ0v) is 26.1. The van der Waals surface area contributed by atoms with E-state index in [-0.39, 0.29) is 62.4 Å². The fraction of sp³-hybridized carbons (Fsp3) is 0.424. The van der Waals surface area contributed by atoms with Crippen LogP contribution in [0.4, 0.5) is 9.59 Å². The van der Waals surface area contributed by atoms with E-state index < -0.39 is 24.3 Å². The fourth-order valence-electron chi connectivity index (χ4n) is 6.45. The number of carboxylic acid groups (broad SMARTS) is 2. The molecule has 2 saturated heterocycles. The largest absolute Gasteiger partial charge is 0.497 e. The maximum absolute atomic E-state index is 14.1. The summed E-state index contributed by atoms with van der Waals surface area (Å²) in [5.41, 5.74) is 2.94. The summed E-state index contributed by atoms with van der Waals surface area (Å²) in [4.78, 5) is 43.2. The molecule has 2 N–H and O–H groups in total. The lowest BCUT2D eigenvalue weighted by molar-refractivity contribution is -0.00325. The van der Waals surface area contributed by atoms with Crippen LogP contribution < -0.4 is 9.47 Å². The molecule has 4 heterocycles. The van der Waals surface area contributed by atoms with Crippen LogP contribution in [0.1, 0.15) is 45.6 Å². The molecular weight excluding hydrogens is 596 g/mol. The Morgan fingerprint density at radius 1 is 1.02 bits per heavy atom. The second-order valence-electron chi connectivity index (χ2n) is 11.9. The van der Waals surface area contributed by atoms with Gasteiger partial charge in [0.05, 0.1) is 51.2 Å². The van der Waals surface area contributed by atoms with Crippen molar-refractivity contribution < 1.29 is 43.5 Å². The van der Waals surface area contributed by atoms with Gasteiger partial charge in [-0.05, 0) is 68.5 Å². The second-order valence-corrected chi connectivity index (χ2v) is 11.9. The summed E-state index contributed by atoms with van der Waals surface area (Å²) in [6.07, 6.45) is 2.38. The van der Waals surface area contributed by atoms with E-state index in [0.717, 1.165) is 36.0 Å². The molecule has 2 aromatic carbocycles. The highest BCUT2D eigenvalue weighted by Crippen LogP contribution is 2.43. The topological polar surface area (TPSA) is 143 Å². The third kappa shape index (κ3) is 6.00. The quantitative estimate of drug-likeness (QED) is 0.344. The maximum atomic E-state index is 14.1. The highest BCUT2D eigenvalue weighted by molar-refractivity contribution is 6.16. The van der Waals surface area contributed by atoms with Gasteiger partial charge in [0.15, 0.2) is 5.76 Å². The van der Waals surface area contributed by atoms with Crippen molar-refractivity contribution >= 4 is 34.9 Å². The first kappa shape index (κ1) is 31.4. The maximum Gasteiger partial charge on any atom is 0.407 e. The number of ether oxygens (including phenoxy) is 4. The summed E-state index contributed by atoms with van der Waals surface area (Å²) < 4.78 is 25.2. The van der Waals surface area contributed by atoms with E-state index in [9.17, 15) is 24.6 Å². The molecule has 1 aromatic heterocycles. The summed E-state index contributed by atoms with van der Waals surface area (Å²) in [6, 6.07) is 7.72. The van der Waals surface area contributed by atoms with Crippen molar-refractivity contribution in [2.45, 2.75) is 25.0 Å². The third-order valence-electron chi connectivity index (χ3n) is 8.73. The Bertz CT molecular complexity index is 1700. The number of Topliss-reactive ketones (excluding diaryl/α,β-unsaturated/α-hetero) is 1. The number of amides is 2. The molecule has 0 saturated carbocycles. The van der Waals surface area contributed by atoms with Crippen molar-refractivity contribution in [3.05, 3.63) is 64.5 Å². The lowest BCUT2D eigenvalue weighted by Gasteiger charge is -2.36. The number of aryl methyl sites for hydroxylation is 1. The number of nitrogens with zero attached hydrogens (tertiary/aromatic N) is 4. The number of morpholine rings is 2. The highest BCUT2D eigenvalue weighted by atomic mass is 16.5. The average molecular weight is 635 g/mol. The van der Waals surface area contributed by atoms with Crippen LogP contribution in [0.25, 0.3) is 17.0 Å². The van der Waals surface area contributed by atoms with E-state index in [0.29, 0.717) is 16.9 Å². The minimum Gasteiger partial charge on any atom is -0.497 e. The van der Waals surface area contributed by atoms with Crippen molar-refractivity contribution in [2.75, 3.05) is 67.3 Å². The number of rotatable bonds is 8. The first-order valence-corrected chi connectivity index (χ1v) is 15.2.